The molecule has 0 aromatic carbocycles. The largest absolute Gasteiger partial charge is 0.393 e. The molecule has 12 atom stereocenters. The molecule has 2 saturated heterocycles. The second kappa shape index (κ2) is 6.81. The van der Waals surface area contributed by atoms with Crippen LogP contribution in [0.1, 0.15) is 79.1 Å². The fraction of sp³-hybridized carbons (Fsp3) is 0.926. The number of ether oxygens (including phenoxy) is 2. The van der Waals surface area contributed by atoms with Gasteiger partial charge in [0.2, 0.25) is 0 Å². The zero-order valence-corrected chi connectivity index (χ0v) is 19.8. The van der Waals surface area contributed by atoms with E-state index < -0.39 is 5.79 Å². The third kappa shape index (κ3) is 2.68. The molecule has 0 bridgehead atoms. The van der Waals surface area contributed by atoms with Crippen molar-refractivity contribution in [1.82, 2.24) is 0 Å². The van der Waals surface area contributed by atoms with Crippen LogP contribution >= 0.6 is 0 Å². The second-order valence-corrected chi connectivity index (χ2v) is 12.7. The van der Waals surface area contributed by atoms with Crippen LogP contribution < -0.4 is 0 Å². The van der Waals surface area contributed by atoms with E-state index in [4.69, 9.17) is 9.47 Å². The van der Waals surface area contributed by atoms with Gasteiger partial charge in [0.1, 0.15) is 0 Å². The number of fused-ring (bicyclic) bond motifs is 7. The number of aliphatic hydroxyl groups is 2. The maximum atomic E-state index is 11.8. The van der Waals surface area contributed by atoms with Crippen molar-refractivity contribution in [3.63, 3.8) is 0 Å². The summed E-state index contributed by atoms with van der Waals surface area (Å²) < 4.78 is 13.2. The summed E-state index contributed by atoms with van der Waals surface area (Å²) in [4.78, 5) is 0. The SMILES string of the molecule is C[C@@H]1CC[C@@]2(OC1)O[C@H]1C[C@@H]3[C@@H]4CC=C5C[C@@H](O)CC[C@]5(C)[C@H]4C[C@H](O)[C@]3(C)[C@H]1[C@@H]2C. The second-order valence-electron chi connectivity index (χ2n) is 12.7. The molecule has 0 unspecified atom stereocenters. The minimum atomic E-state index is -0.419. The van der Waals surface area contributed by atoms with E-state index in [1.54, 1.807) is 0 Å². The van der Waals surface area contributed by atoms with Crippen LogP contribution in [0.15, 0.2) is 11.6 Å². The van der Waals surface area contributed by atoms with E-state index in [0.29, 0.717) is 35.5 Å². The molecule has 1 spiro atoms. The molecule has 174 valence electrons. The number of aliphatic hydroxyl groups excluding tert-OH is 2. The van der Waals surface area contributed by atoms with Gasteiger partial charge in [-0.15, -0.1) is 0 Å². The van der Waals surface area contributed by atoms with Crippen LogP contribution in [0.2, 0.25) is 0 Å². The van der Waals surface area contributed by atoms with Crippen molar-refractivity contribution in [3.05, 3.63) is 11.6 Å². The van der Waals surface area contributed by atoms with Crippen molar-refractivity contribution in [3.8, 4) is 0 Å². The van der Waals surface area contributed by atoms with E-state index in [1.165, 1.54) is 12.0 Å². The summed E-state index contributed by atoms with van der Waals surface area (Å²) >= 11 is 0. The monoisotopic (exact) mass is 430 g/mol. The van der Waals surface area contributed by atoms with E-state index in [2.05, 4.69) is 33.8 Å². The Labute approximate surface area is 187 Å². The summed E-state index contributed by atoms with van der Waals surface area (Å²) in [7, 11) is 0. The van der Waals surface area contributed by atoms with Gasteiger partial charge in [-0.05, 0) is 74.0 Å². The Bertz CT molecular complexity index is 769. The molecule has 3 saturated carbocycles. The maximum Gasteiger partial charge on any atom is 0.171 e. The first-order valence-electron chi connectivity index (χ1n) is 13.1. The molecule has 4 nitrogen and oxygen atoms in total. The minimum absolute atomic E-state index is 0.0863. The smallest absolute Gasteiger partial charge is 0.171 e. The van der Waals surface area contributed by atoms with Crippen LogP contribution in [0, 0.1) is 46.3 Å². The Morgan fingerprint density at radius 1 is 1.03 bits per heavy atom. The molecular formula is C27H42O4. The Morgan fingerprint density at radius 2 is 1.84 bits per heavy atom. The van der Waals surface area contributed by atoms with E-state index in [1.807, 2.05) is 0 Å². The van der Waals surface area contributed by atoms with Crippen LogP contribution in [-0.4, -0.2) is 40.9 Å². The molecule has 5 fully saturated rings. The highest BCUT2D eigenvalue weighted by atomic mass is 16.7. The summed E-state index contributed by atoms with van der Waals surface area (Å²) in [6.07, 6.45) is 10.3. The number of hydrogen-bond donors (Lipinski definition) is 2. The predicted molar refractivity (Wildman–Crippen MR) is 119 cm³/mol. The van der Waals surface area contributed by atoms with Crippen molar-refractivity contribution in [2.75, 3.05) is 6.61 Å². The van der Waals surface area contributed by atoms with Crippen molar-refractivity contribution in [2.45, 2.75) is 103 Å². The molecule has 2 heterocycles. The van der Waals surface area contributed by atoms with Crippen LogP contribution in [0.3, 0.4) is 0 Å². The van der Waals surface area contributed by atoms with Crippen molar-refractivity contribution >= 4 is 0 Å². The summed E-state index contributed by atoms with van der Waals surface area (Å²) in [6, 6.07) is 0. The fourth-order valence-electron chi connectivity index (χ4n) is 9.61. The third-order valence-corrected chi connectivity index (χ3v) is 11.5. The van der Waals surface area contributed by atoms with E-state index in [-0.39, 0.29) is 29.1 Å². The van der Waals surface area contributed by atoms with Crippen molar-refractivity contribution in [2.24, 2.45) is 46.3 Å². The predicted octanol–water partition coefficient (Wildman–Crippen LogP) is 4.68. The van der Waals surface area contributed by atoms with Crippen molar-refractivity contribution in [1.29, 1.82) is 0 Å². The first-order chi connectivity index (χ1) is 14.7. The lowest BCUT2D eigenvalue weighted by atomic mass is 9.46. The van der Waals surface area contributed by atoms with Gasteiger partial charge >= 0.3 is 0 Å². The average molecular weight is 431 g/mol. The van der Waals surface area contributed by atoms with Gasteiger partial charge in [-0.3, -0.25) is 0 Å². The highest BCUT2D eigenvalue weighted by molar-refractivity contribution is 5.27. The molecule has 2 N–H and O–H groups in total. The quantitative estimate of drug-likeness (QED) is 0.548. The zero-order valence-electron chi connectivity index (χ0n) is 19.8. The molecular weight excluding hydrogens is 388 g/mol. The molecule has 2 aliphatic heterocycles. The molecule has 6 aliphatic rings. The van der Waals surface area contributed by atoms with Crippen LogP contribution in [0.25, 0.3) is 0 Å². The van der Waals surface area contributed by atoms with E-state index in [9.17, 15) is 10.2 Å². The highest BCUT2D eigenvalue weighted by Gasteiger charge is 2.71. The van der Waals surface area contributed by atoms with Crippen LogP contribution in [0.5, 0.6) is 0 Å². The minimum Gasteiger partial charge on any atom is -0.393 e. The number of hydrogen-bond acceptors (Lipinski definition) is 4. The zero-order chi connectivity index (χ0) is 21.8. The topological polar surface area (TPSA) is 58.9 Å². The third-order valence-electron chi connectivity index (χ3n) is 11.5. The Kier molecular flexibility index (Phi) is 4.64. The van der Waals surface area contributed by atoms with Crippen LogP contribution in [-0.2, 0) is 9.47 Å². The lowest BCUT2D eigenvalue weighted by Crippen LogP contribution is -2.57. The molecule has 0 aromatic heterocycles. The Morgan fingerprint density at radius 3 is 2.58 bits per heavy atom. The van der Waals surface area contributed by atoms with Gasteiger partial charge in [0.25, 0.3) is 0 Å². The molecule has 6 rings (SSSR count). The number of rotatable bonds is 0. The van der Waals surface area contributed by atoms with E-state index in [0.717, 1.165) is 51.6 Å². The molecule has 0 amide bonds. The average Bonchev–Trinajstić information content (AvgIpc) is 3.18. The standard InChI is InChI=1S/C27H42O4/c1-15-7-10-27(30-14-15)16(2)24-22(31-27)12-21-19-6-5-17-11-18(28)8-9-25(17,3)20(19)13-23(29)26(21,24)4/h5,15-16,18-24,28-29H,6-14H2,1-4H3/t15-,16+,18+,19-,20+,21-,22+,23+,24+,25+,26-,27-/m1/s1. The Balaban J connectivity index is 1.32. The van der Waals surface area contributed by atoms with Gasteiger partial charge in [0.05, 0.1) is 24.9 Å². The summed E-state index contributed by atoms with van der Waals surface area (Å²) in [6.45, 7) is 10.2. The van der Waals surface area contributed by atoms with Gasteiger partial charge in [0.15, 0.2) is 5.79 Å². The summed E-state index contributed by atoms with van der Waals surface area (Å²) in [5.74, 6) is 2.58. The van der Waals surface area contributed by atoms with Crippen molar-refractivity contribution < 1.29 is 19.7 Å². The molecule has 31 heavy (non-hydrogen) atoms. The fourth-order valence-corrected chi connectivity index (χ4v) is 9.61. The van der Waals surface area contributed by atoms with Gasteiger partial charge in [-0.25, -0.2) is 0 Å². The highest BCUT2D eigenvalue weighted by Crippen LogP contribution is 2.70. The Hall–Kier alpha value is -0.420. The normalized spacial score (nSPS) is 60.7. The van der Waals surface area contributed by atoms with Crippen LogP contribution in [0.4, 0.5) is 0 Å². The lowest BCUT2D eigenvalue weighted by molar-refractivity contribution is -0.273. The van der Waals surface area contributed by atoms with E-state index >= 15 is 0 Å². The van der Waals surface area contributed by atoms with Gasteiger partial charge in [0, 0.05) is 23.7 Å². The lowest BCUT2D eigenvalue weighted by Gasteiger charge is -2.60. The molecule has 0 aromatic rings. The first kappa shape index (κ1) is 21.1. The molecule has 4 aliphatic carbocycles. The number of allylic oxidation sites excluding steroid dienone is 1. The summed E-state index contributed by atoms with van der Waals surface area (Å²) in [5.41, 5.74) is 1.53. The van der Waals surface area contributed by atoms with Gasteiger partial charge < -0.3 is 19.7 Å². The van der Waals surface area contributed by atoms with Gasteiger partial charge in [-0.2, -0.15) is 0 Å². The first-order valence-corrected chi connectivity index (χ1v) is 13.1. The summed E-state index contributed by atoms with van der Waals surface area (Å²) in [5, 5.41) is 22.0. The maximum absolute atomic E-state index is 11.8. The molecule has 0 radical (unpaired) electrons. The molecule has 4 heteroatoms. The van der Waals surface area contributed by atoms with Gasteiger partial charge in [-0.1, -0.05) is 39.3 Å².